The van der Waals surface area contributed by atoms with Crippen LogP contribution < -0.4 is 15.4 Å². The van der Waals surface area contributed by atoms with Gasteiger partial charge < -0.3 is 15.4 Å². The molecule has 146 valence electrons. The smallest absolute Gasteiger partial charge is 0.191 e. The molecule has 5 heteroatoms. The topological polar surface area (TPSA) is 48.9 Å². The lowest BCUT2D eigenvalue weighted by atomic mass is 10.1. The van der Waals surface area contributed by atoms with Gasteiger partial charge in [-0.1, -0.05) is 50.2 Å². The molecule has 0 radical (unpaired) electrons. The molecular weight excluding hydrogens is 336 g/mol. The quantitative estimate of drug-likeness (QED) is 0.526. The van der Waals surface area contributed by atoms with Crippen LogP contribution in [-0.2, 0) is 19.6 Å². The number of benzene rings is 2. The van der Waals surface area contributed by atoms with Crippen LogP contribution in [-0.4, -0.2) is 38.1 Å². The first-order valence-electron chi connectivity index (χ1n) is 9.56. The highest BCUT2D eigenvalue weighted by atomic mass is 16.5. The largest absolute Gasteiger partial charge is 0.497 e. The van der Waals surface area contributed by atoms with Crippen LogP contribution in [0.3, 0.4) is 0 Å². The maximum atomic E-state index is 5.20. The Morgan fingerprint density at radius 2 is 1.56 bits per heavy atom. The van der Waals surface area contributed by atoms with Crippen LogP contribution in [0.15, 0.2) is 53.5 Å². The summed E-state index contributed by atoms with van der Waals surface area (Å²) in [5.74, 6) is 1.66. The van der Waals surface area contributed by atoms with E-state index in [0.717, 1.165) is 37.9 Å². The summed E-state index contributed by atoms with van der Waals surface area (Å²) in [6, 6.07) is 16.6. The Labute approximate surface area is 163 Å². The highest BCUT2D eigenvalue weighted by Gasteiger charge is 2.07. The van der Waals surface area contributed by atoms with Crippen LogP contribution in [0.5, 0.6) is 5.75 Å². The Hall–Kier alpha value is -2.53. The molecule has 2 N–H and O–H groups in total. The number of hydrogen-bond donors (Lipinski definition) is 2. The van der Waals surface area contributed by atoms with Crippen molar-refractivity contribution in [2.45, 2.75) is 33.5 Å². The fraction of sp³-hybridized carbons (Fsp3) is 0.409. The number of rotatable bonds is 9. The van der Waals surface area contributed by atoms with Crippen molar-refractivity contribution >= 4 is 5.96 Å². The third-order valence-electron chi connectivity index (χ3n) is 4.70. The molecule has 0 saturated carbocycles. The lowest BCUT2D eigenvalue weighted by Crippen LogP contribution is -2.36. The zero-order valence-corrected chi connectivity index (χ0v) is 17.0. The van der Waals surface area contributed by atoms with Crippen molar-refractivity contribution in [1.82, 2.24) is 15.5 Å². The predicted molar refractivity (Wildman–Crippen MR) is 113 cm³/mol. The highest BCUT2D eigenvalue weighted by molar-refractivity contribution is 5.79. The first kappa shape index (κ1) is 20.8. The zero-order chi connectivity index (χ0) is 19.5. The van der Waals surface area contributed by atoms with Gasteiger partial charge in [-0.15, -0.1) is 0 Å². The summed E-state index contributed by atoms with van der Waals surface area (Å²) >= 11 is 0. The molecule has 27 heavy (non-hydrogen) atoms. The van der Waals surface area contributed by atoms with Crippen molar-refractivity contribution in [3.8, 4) is 5.75 Å². The van der Waals surface area contributed by atoms with E-state index < -0.39 is 0 Å². The van der Waals surface area contributed by atoms with Crippen molar-refractivity contribution in [3.63, 3.8) is 0 Å². The molecule has 0 heterocycles. The normalized spacial score (nSPS) is 11.5. The van der Waals surface area contributed by atoms with Gasteiger partial charge in [-0.05, 0) is 41.9 Å². The summed E-state index contributed by atoms with van der Waals surface area (Å²) in [6.07, 6.45) is 0. The molecule has 0 amide bonds. The maximum Gasteiger partial charge on any atom is 0.191 e. The van der Waals surface area contributed by atoms with Crippen molar-refractivity contribution in [3.05, 3.63) is 65.2 Å². The standard InChI is InChI=1S/C22H32N4O/c1-5-26(6-2)17-20-10-8-7-9-19(20)16-25-22(23-3)24-15-18-11-13-21(27-4)14-12-18/h7-14H,5-6,15-17H2,1-4H3,(H2,23,24,25). The van der Waals surface area contributed by atoms with E-state index in [0.29, 0.717) is 6.54 Å². The summed E-state index contributed by atoms with van der Waals surface area (Å²) in [4.78, 5) is 6.76. The number of nitrogens with zero attached hydrogens (tertiary/aromatic N) is 2. The molecule has 0 aromatic heterocycles. The van der Waals surface area contributed by atoms with Crippen molar-refractivity contribution in [2.75, 3.05) is 27.2 Å². The summed E-state index contributed by atoms with van der Waals surface area (Å²) in [5.41, 5.74) is 3.84. The van der Waals surface area contributed by atoms with Crippen LogP contribution in [0, 0.1) is 0 Å². The molecule has 0 spiro atoms. The van der Waals surface area contributed by atoms with Crippen LogP contribution in [0.1, 0.15) is 30.5 Å². The number of nitrogens with one attached hydrogen (secondary N) is 2. The molecule has 2 rings (SSSR count). The van der Waals surface area contributed by atoms with Crippen molar-refractivity contribution in [2.24, 2.45) is 4.99 Å². The molecule has 0 aliphatic rings. The first-order valence-corrected chi connectivity index (χ1v) is 9.56. The molecule has 2 aromatic rings. The van der Waals surface area contributed by atoms with E-state index in [-0.39, 0.29) is 0 Å². The average molecular weight is 369 g/mol. The van der Waals surface area contributed by atoms with Gasteiger partial charge >= 0.3 is 0 Å². The van der Waals surface area contributed by atoms with E-state index in [1.54, 1.807) is 14.2 Å². The lowest BCUT2D eigenvalue weighted by molar-refractivity contribution is 0.295. The van der Waals surface area contributed by atoms with Crippen LogP contribution in [0.4, 0.5) is 0 Å². The Morgan fingerprint density at radius 3 is 2.15 bits per heavy atom. The Kier molecular flexibility index (Phi) is 8.65. The second-order valence-corrected chi connectivity index (χ2v) is 6.36. The summed E-state index contributed by atoms with van der Waals surface area (Å²) < 4.78 is 5.20. The SMILES string of the molecule is CCN(CC)Cc1ccccc1CNC(=NC)NCc1ccc(OC)cc1. The van der Waals surface area contributed by atoms with Gasteiger partial charge in [0.2, 0.25) is 0 Å². The number of ether oxygens (including phenoxy) is 1. The minimum absolute atomic E-state index is 0.713. The molecule has 0 bridgehead atoms. The fourth-order valence-electron chi connectivity index (χ4n) is 2.90. The fourth-order valence-corrected chi connectivity index (χ4v) is 2.90. The Bertz CT molecular complexity index is 709. The Balaban J connectivity index is 1.91. The molecule has 0 aliphatic carbocycles. The minimum atomic E-state index is 0.713. The second-order valence-electron chi connectivity index (χ2n) is 6.36. The van der Waals surface area contributed by atoms with E-state index in [9.17, 15) is 0 Å². The third kappa shape index (κ3) is 6.61. The van der Waals surface area contributed by atoms with Crippen LogP contribution in [0.25, 0.3) is 0 Å². The lowest BCUT2D eigenvalue weighted by Gasteiger charge is -2.20. The highest BCUT2D eigenvalue weighted by Crippen LogP contribution is 2.12. The van der Waals surface area contributed by atoms with E-state index in [1.165, 1.54) is 16.7 Å². The molecule has 0 unspecified atom stereocenters. The second kappa shape index (κ2) is 11.2. The van der Waals surface area contributed by atoms with Gasteiger partial charge in [0.15, 0.2) is 5.96 Å². The average Bonchev–Trinajstić information content (AvgIpc) is 2.73. The third-order valence-corrected chi connectivity index (χ3v) is 4.70. The van der Waals surface area contributed by atoms with Gasteiger partial charge in [-0.2, -0.15) is 0 Å². The van der Waals surface area contributed by atoms with E-state index in [1.807, 2.05) is 12.1 Å². The van der Waals surface area contributed by atoms with Gasteiger partial charge in [0.1, 0.15) is 5.75 Å². The predicted octanol–water partition coefficient (Wildman–Crippen LogP) is 3.40. The monoisotopic (exact) mass is 368 g/mol. The van der Waals surface area contributed by atoms with Crippen molar-refractivity contribution < 1.29 is 4.74 Å². The molecule has 0 saturated heterocycles. The molecule has 0 fully saturated rings. The minimum Gasteiger partial charge on any atom is -0.497 e. The Morgan fingerprint density at radius 1 is 0.926 bits per heavy atom. The number of aliphatic imine (C=N–C) groups is 1. The molecular formula is C22H32N4O. The summed E-state index contributed by atoms with van der Waals surface area (Å²) in [7, 11) is 3.47. The van der Waals surface area contributed by atoms with E-state index in [4.69, 9.17) is 4.74 Å². The molecule has 2 aromatic carbocycles. The molecule has 5 nitrogen and oxygen atoms in total. The number of methoxy groups -OCH3 is 1. The first-order chi connectivity index (χ1) is 13.2. The van der Waals surface area contributed by atoms with Crippen molar-refractivity contribution in [1.29, 1.82) is 0 Å². The van der Waals surface area contributed by atoms with Gasteiger partial charge in [-0.25, -0.2) is 0 Å². The van der Waals surface area contributed by atoms with E-state index >= 15 is 0 Å². The summed E-state index contributed by atoms with van der Waals surface area (Å²) in [6.45, 7) is 8.96. The maximum absolute atomic E-state index is 5.20. The van der Waals surface area contributed by atoms with E-state index in [2.05, 4.69) is 70.8 Å². The van der Waals surface area contributed by atoms with Gasteiger partial charge in [0.25, 0.3) is 0 Å². The van der Waals surface area contributed by atoms with Gasteiger partial charge in [-0.3, -0.25) is 9.89 Å². The van der Waals surface area contributed by atoms with Crippen LogP contribution >= 0.6 is 0 Å². The number of hydrogen-bond acceptors (Lipinski definition) is 3. The zero-order valence-electron chi connectivity index (χ0n) is 17.0. The molecule has 0 atom stereocenters. The molecule has 0 aliphatic heterocycles. The van der Waals surface area contributed by atoms with Gasteiger partial charge in [0, 0.05) is 26.7 Å². The summed E-state index contributed by atoms with van der Waals surface area (Å²) in [5, 5.41) is 6.79. The van der Waals surface area contributed by atoms with Crippen LogP contribution in [0.2, 0.25) is 0 Å². The number of guanidine groups is 1. The van der Waals surface area contributed by atoms with Gasteiger partial charge in [0.05, 0.1) is 7.11 Å².